The maximum atomic E-state index is 10.6. The molecule has 2 aliphatic rings. The number of pyridine rings is 1. The SMILES string of the molecule is CC1CCC(C2CC(NN=O)CCN2Cc2cccnc2)CC1. The summed E-state index contributed by atoms with van der Waals surface area (Å²) in [5.41, 5.74) is 4.06. The Morgan fingerprint density at radius 1 is 1.30 bits per heavy atom. The molecule has 126 valence electrons. The van der Waals surface area contributed by atoms with Crippen LogP contribution in [0, 0.1) is 16.7 Å². The van der Waals surface area contributed by atoms with Crippen LogP contribution in [0.4, 0.5) is 0 Å². The van der Waals surface area contributed by atoms with Crippen LogP contribution in [0.5, 0.6) is 0 Å². The van der Waals surface area contributed by atoms with Gasteiger partial charge >= 0.3 is 0 Å². The molecule has 5 nitrogen and oxygen atoms in total. The van der Waals surface area contributed by atoms with Crippen LogP contribution in [0.2, 0.25) is 0 Å². The molecule has 0 amide bonds. The monoisotopic (exact) mass is 316 g/mol. The lowest BCUT2D eigenvalue weighted by Crippen LogP contribution is -2.50. The number of hydrogen-bond donors (Lipinski definition) is 1. The van der Waals surface area contributed by atoms with E-state index in [1.165, 1.54) is 31.2 Å². The van der Waals surface area contributed by atoms with E-state index in [-0.39, 0.29) is 6.04 Å². The highest BCUT2D eigenvalue weighted by Gasteiger charge is 2.35. The fourth-order valence-corrected chi connectivity index (χ4v) is 4.32. The maximum absolute atomic E-state index is 10.6. The van der Waals surface area contributed by atoms with Crippen molar-refractivity contribution in [1.82, 2.24) is 15.3 Å². The summed E-state index contributed by atoms with van der Waals surface area (Å²) in [7, 11) is 0. The Hall–Kier alpha value is -1.49. The third-order valence-electron chi connectivity index (χ3n) is 5.71. The molecule has 1 N–H and O–H groups in total. The molecule has 2 atom stereocenters. The van der Waals surface area contributed by atoms with E-state index in [0.717, 1.165) is 37.8 Å². The molecule has 1 aliphatic heterocycles. The highest BCUT2D eigenvalue weighted by molar-refractivity contribution is 5.09. The van der Waals surface area contributed by atoms with Gasteiger partial charge in [-0.05, 0) is 49.1 Å². The predicted octanol–water partition coefficient (Wildman–Crippen LogP) is 3.51. The molecule has 0 radical (unpaired) electrons. The van der Waals surface area contributed by atoms with Crippen molar-refractivity contribution in [3.63, 3.8) is 0 Å². The first-order valence-electron chi connectivity index (χ1n) is 8.97. The van der Waals surface area contributed by atoms with Gasteiger partial charge in [-0.25, -0.2) is 0 Å². The fourth-order valence-electron chi connectivity index (χ4n) is 4.32. The van der Waals surface area contributed by atoms with Gasteiger partial charge in [0.15, 0.2) is 0 Å². The second kappa shape index (κ2) is 7.86. The van der Waals surface area contributed by atoms with Gasteiger partial charge in [-0.15, -0.1) is 4.91 Å². The van der Waals surface area contributed by atoms with Gasteiger partial charge in [-0.2, -0.15) is 0 Å². The van der Waals surface area contributed by atoms with E-state index in [4.69, 9.17) is 0 Å². The summed E-state index contributed by atoms with van der Waals surface area (Å²) in [6.45, 7) is 4.36. The first-order valence-corrected chi connectivity index (χ1v) is 8.97. The lowest BCUT2D eigenvalue weighted by Gasteiger charge is -2.45. The predicted molar refractivity (Wildman–Crippen MR) is 91.5 cm³/mol. The minimum atomic E-state index is 0.238. The molecule has 2 heterocycles. The first-order chi connectivity index (χ1) is 11.3. The van der Waals surface area contributed by atoms with Crippen molar-refractivity contribution in [3.8, 4) is 0 Å². The molecule has 3 rings (SSSR count). The molecule has 23 heavy (non-hydrogen) atoms. The van der Waals surface area contributed by atoms with Crippen molar-refractivity contribution >= 4 is 0 Å². The van der Waals surface area contributed by atoms with Gasteiger partial charge in [0.2, 0.25) is 0 Å². The Bertz CT molecular complexity index is 487. The Labute approximate surface area is 138 Å². The summed E-state index contributed by atoms with van der Waals surface area (Å²) in [6.07, 6.45) is 11.1. The number of likely N-dealkylation sites (tertiary alicyclic amines) is 1. The van der Waals surface area contributed by atoms with E-state index in [1.54, 1.807) is 0 Å². The van der Waals surface area contributed by atoms with Crippen molar-refractivity contribution < 1.29 is 0 Å². The van der Waals surface area contributed by atoms with Gasteiger partial charge in [0, 0.05) is 42.9 Å². The molecule has 0 bridgehead atoms. The Morgan fingerprint density at radius 2 is 2.13 bits per heavy atom. The highest BCUT2D eigenvalue weighted by Crippen LogP contribution is 2.36. The summed E-state index contributed by atoms with van der Waals surface area (Å²) in [4.78, 5) is 17.4. The van der Waals surface area contributed by atoms with Gasteiger partial charge in [0.05, 0.1) is 0 Å². The lowest BCUT2D eigenvalue weighted by molar-refractivity contribution is 0.0534. The Morgan fingerprint density at radius 3 is 2.83 bits per heavy atom. The van der Waals surface area contributed by atoms with E-state index in [9.17, 15) is 4.91 Å². The Kier molecular flexibility index (Phi) is 5.60. The molecule has 0 spiro atoms. The zero-order valence-electron chi connectivity index (χ0n) is 14.0. The highest BCUT2D eigenvalue weighted by atomic mass is 16.3. The van der Waals surface area contributed by atoms with E-state index in [2.05, 4.69) is 33.6 Å². The maximum Gasteiger partial charge on any atom is 0.0499 e. The standard InChI is InChI=1S/C18H28N4O/c1-14-4-6-16(7-5-14)18-11-17(20-21-23)8-10-22(18)13-15-3-2-9-19-12-15/h2-3,9,12,14,16-18H,4-8,10-11,13H2,1H3,(H,20,23). The number of aromatic nitrogens is 1. The zero-order chi connectivity index (χ0) is 16.1. The van der Waals surface area contributed by atoms with E-state index < -0.39 is 0 Å². The number of nitrogens with one attached hydrogen (secondary N) is 1. The van der Waals surface area contributed by atoms with Crippen LogP contribution in [0.25, 0.3) is 0 Å². The van der Waals surface area contributed by atoms with Crippen molar-refractivity contribution in [1.29, 1.82) is 0 Å². The minimum Gasteiger partial charge on any atom is -0.296 e. The van der Waals surface area contributed by atoms with Crippen LogP contribution >= 0.6 is 0 Å². The molecule has 2 unspecified atom stereocenters. The fraction of sp³-hybridized carbons (Fsp3) is 0.722. The van der Waals surface area contributed by atoms with Crippen LogP contribution in [-0.2, 0) is 6.54 Å². The van der Waals surface area contributed by atoms with E-state index >= 15 is 0 Å². The molecule has 1 saturated heterocycles. The third-order valence-corrected chi connectivity index (χ3v) is 5.71. The Balaban J connectivity index is 1.69. The smallest absolute Gasteiger partial charge is 0.0499 e. The summed E-state index contributed by atoms with van der Waals surface area (Å²) >= 11 is 0. The van der Waals surface area contributed by atoms with Crippen molar-refractivity contribution in [2.24, 2.45) is 17.1 Å². The number of nitrogens with zero attached hydrogens (tertiary/aromatic N) is 3. The first kappa shape index (κ1) is 16.4. The second-order valence-corrected chi connectivity index (χ2v) is 7.36. The van der Waals surface area contributed by atoms with Gasteiger partial charge in [0.1, 0.15) is 0 Å². The molecule has 2 fully saturated rings. The minimum absolute atomic E-state index is 0.238. The number of rotatable bonds is 5. The van der Waals surface area contributed by atoms with E-state index in [1.807, 2.05) is 18.5 Å². The van der Waals surface area contributed by atoms with Crippen LogP contribution in [-0.4, -0.2) is 28.5 Å². The van der Waals surface area contributed by atoms with E-state index in [0.29, 0.717) is 6.04 Å². The largest absolute Gasteiger partial charge is 0.296 e. The number of piperidine rings is 1. The lowest BCUT2D eigenvalue weighted by atomic mass is 9.75. The summed E-state index contributed by atoms with van der Waals surface area (Å²) in [6, 6.07) is 4.96. The molecular weight excluding hydrogens is 288 g/mol. The molecule has 1 aliphatic carbocycles. The summed E-state index contributed by atoms with van der Waals surface area (Å²) in [5.74, 6) is 1.62. The third kappa shape index (κ3) is 4.28. The molecular formula is C18H28N4O. The van der Waals surface area contributed by atoms with Crippen molar-refractivity contribution in [2.45, 2.75) is 64.1 Å². The topological polar surface area (TPSA) is 57.6 Å². The molecule has 5 heteroatoms. The normalized spacial score (nSPS) is 32.4. The molecule has 1 aromatic rings. The van der Waals surface area contributed by atoms with Gasteiger partial charge in [-0.1, -0.05) is 25.8 Å². The average Bonchev–Trinajstić information content (AvgIpc) is 2.58. The van der Waals surface area contributed by atoms with Crippen LogP contribution in [0.15, 0.2) is 29.8 Å². The summed E-state index contributed by atoms with van der Waals surface area (Å²) < 4.78 is 0. The average molecular weight is 316 g/mol. The van der Waals surface area contributed by atoms with Crippen LogP contribution < -0.4 is 5.43 Å². The van der Waals surface area contributed by atoms with Gasteiger partial charge < -0.3 is 0 Å². The summed E-state index contributed by atoms with van der Waals surface area (Å²) in [5, 5.41) is 2.93. The van der Waals surface area contributed by atoms with Crippen molar-refractivity contribution in [2.75, 3.05) is 6.54 Å². The quantitative estimate of drug-likeness (QED) is 0.667. The molecule has 1 aromatic heterocycles. The number of nitroso groups, excluding NO2 is 1. The van der Waals surface area contributed by atoms with Crippen LogP contribution in [0.1, 0.15) is 51.0 Å². The second-order valence-electron chi connectivity index (χ2n) is 7.36. The van der Waals surface area contributed by atoms with Crippen molar-refractivity contribution in [3.05, 3.63) is 35.0 Å². The van der Waals surface area contributed by atoms with Gasteiger partial charge in [-0.3, -0.25) is 15.3 Å². The molecule has 0 aromatic carbocycles. The van der Waals surface area contributed by atoms with Gasteiger partial charge in [0.25, 0.3) is 0 Å². The van der Waals surface area contributed by atoms with Crippen LogP contribution in [0.3, 0.4) is 0 Å². The number of hydrogen-bond acceptors (Lipinski definition) is 4. The zero-order valence-corrected chi connectivity index (χ0v) is 14.0. The molecule has 1 saturated carbocycles.